The Balaban J connectivity index is 0.000000455. The zero-order valence-corrected chi connectivity index (χ0v) is 28.7. The van der Waals surface area contributed by atoms with Crippen molar-refractivity contribution in [3.63, 3.8) is 0 Å². The molecule has 0 aliphatic carbocycles. The Bertz CT molecular complexity index is 2070. The molecule has 2 aromatic carbocycles. The van der Waals surface area contributed by atoms with Crippen molar-refractivity contribution in [1.82, 2.24) is 19.1 Å². The van der Waals surface area contributed by atoms with Gasteiger partial charge in [0.25, 0.3) is 0 Å². The molecule has 0 amide bonds. The summed E-state index contributed by atoms with van der Waals surface area (Å²) in [6, 6.07) is 4.98. The first kappa shape index (κ1) is 44.1. The standard InChI is InChI=1S/C14H15F3N2O3S.C14H13F3N2O3S.CH4.Mn.2O/c2*1-3-23(21,22)12-6-9(14(15,16)17)4-5-11(12)13-18-7-10(8-20)19(13)2;;;;/h4-7,20H,3,8H2,1-2H3;4-8H,3H2,1-2H3;1H4;;;. The van der Waals surface area contributed by atoms with Crippen LogP contribution in [0.15, 0.2) is 58.6 Å². The van der Waals surface area contributed by atoms with E-state index in [2.05, 4.69) is 9.97 Å². The van der Waals surface area contributed by atoms with Crippen LogP contribution in [0.1, 0.15) is 48.6 Å². The van der Waals surface area contributed by atoms with E-state index in [4.69, 9.17) is 7.67 Å². The van der Waals surface area contributed by atoms with Crippen LogP contribution in [0, 0.1) is 0 Å². The van der Waals surface area contributed by atoms with Crippen LogP contribution in [-0.4, -0.2) is 58.8 Å². The third-order valence-electron chi connectivity index (χ3n) is 6.92. The van der Waals surface area contributed by atoms with Crippen molar-refractivity contribution in [3.8, 4) is 22.8 Å². The van der Waals surface area contributed by atoms with Crippen molar-refractivity contribution in [2.45, 2.75) is 50.0 Å². The molecule has 4 rings (SSSR count). The van der Waals surface area contributed by atoms with Crippen LogP contribution in [0.5, 0.6) is 0 Å². The first-order valence-corrected chi connectivity index (χ1v) is 17.8. The first-order chi connectivity index (χ1) is 22.6. The van der Waals surface area contributed by atoms with E-state index in [1.54, 1.807) is 7.05 Å². The number of rotatable bonds is 8. The molecule has 0 saturated heterocycles. The number of aliphatic hydroxyl groups is 1. The van der Waals surface area contributed by atoms with Crippen molar-refractivity contribution in [2.75, 3.05) is 11.5 Å². The maximum absolute atomic E-state index is 12.9. The van der Waals surface area contributed by atoms with E-state index in [9.17, 15) is 53.1 Å². The average Bonchev–Trinajstić information content (AvgIpc) is 3.61. The normalized spacial score (nSPS) is 11.7. The Labute approximate surface area is 289 Å². The van der Waals surface area contributed by atoms with Crippen LogP contribution in [0.2, 0.25) is 0 Å². The molecule has 0 saturated carbocycles. The van der Waals surface area contributed by atoms with Gasteiger partial charge in [-0.2, -0.15) is 26.3 Å². The van der Waals surface area contributed by atoms with Crippen LogP contribution < -0.4 is 0 Å². The van der Waals surface area contributed by atoms with Gasteiger partial charge in [-0.15, -0.1) is 0 Å². The molecule has 0 bridgehead atoms. The molecule has 50 heavy (non-hydrogen) atoms. The molecule has 21 heteroatoms. The van der Waals surface area contributed by atoms with Gasteiger partial charge in [0.2, 0.25) is 0 Å². The molecule has 0 radical (unpaired) electrons. The second-order valence-electron chi connectivity index (χ2n) is 9.76. The number of aromatic nitrogens is 4. The molecule has 0 unspecified atom stereocenters. The van der Waals surface area contributed by atoms with Crippen molar-refractivity contribution in [1.29, 1.82) is 0 Å². The van der Waals surface area contributed by atoms with Gasteiger partial charge in [0.05, 0.1) is 57.1 Å². The Kier molecular flexibility index (Phi) is 15.3. The zero-order chi connectivity index (χ0) is 37.5. The molecule has 4 aromatic rings. The van der Waals surface area contributed by atoms with Gasteiger partial charge in [-0.3, -0.25) is 4.79 Å². The molecular formula is C29H32F6MnN4O8S2. The number of carbonyl (C=O) groups is 1. The van der Waals surface area contributed by atoms with E-state index in [0.717, 1.165) is 24.3 Å². The second-order valence-corrected chi connectivity index (χ2v) is 14.5. The van der Waals surface area contributed by atoms with E-state index in [1.165, 1.54) is 42.4 Å². The van der Waals surface area contributed by atoms with Crippen LogP contribution in [0.25, 0.3) is 22.8 Å². The fraction of sp³-hybridized carbons (Fsp3) is 0.345. The van der Waals surface area contributed by atoms with Gasteiger partial charge in [0.1, 0.15) is 17.3 Å². The molecular weight excluding hydrogens is 765 g/mol. The number of hydrogen-bond donors (Lipinski definition) is 1. The van der Waals surface area contributed by atoms with E-state index in [1.807, 2.05) is 0 Å². The van der Waals surface area contributed by atoms with Gasteiger partial charge >= 0.3 is 34.8 Å². The SMILES string of the molecule is C.CCS(=O)(=O)c1cc(C(F)(F)F)ccc1-c1ncc(C=O)n1C.CCS(=O)(=O)c1cc(C(F)(F)F)ccc1-c1ncc(CO)n1C.[O]=[Mn]=[O]. The Hall–Kier alpha value is -3.91. The Morgan fingerprint density at radius 2 is 1.14 bits per heavy atom. The van der Waals surface area contributed by atoms with Crippen LogP contribution in [-0.2, 0) is 75.2 Å². The topological polar surface area (TPSA) is 175 Å². The summed E-state index contributed by atoms with van der Waals surface area (Å²) in [5, 5.41) is 9.18. The van der Waals surface area contributed by atoms with Crippen LogP contribution in [0.3, 0.4) is 0 Å². The molecule has 0 aliphatic rings. The molecule has 1 N–H and O–H groups in total. The summed E-state index contributed by atoms with van der Waals surface area (Å²) in [6.45, 7) is 2.38. The third kappa shape index (κ3) is 10.1. The molecule has 0 atom stereocenters. The predicted molar refractivity (Wildman–Crippen MR) is 162 cm³/mol. The monoisotopic (exact) mass is 797 g/mol. The maximum atomic E-state index is 12.9. The molecule has 0 spiro atoms. The molecule has 12 nitrogen and oxygen atoms in total. The molecule has 0 fully saturated rings. The number of carbonyl (C=O) groups excluding carboxylic acids is 1. The van der Waals surface area contributed by atoms with Gasteiger partial charge in [0, 0.05) is 25.2 Å². The van der Waals surface area contributed by atoms with Gasteiger partial charge in [-0.05, 0) is 36.4 Å². The fourth-order valence-electron chi connectivity index (χ4n) is 4.22. The number of benzene rings is 2. The van der Waals surface area contributed by atoms with Crippen LogP contribution >= 0.6 is 0 Å². The Morgan fingerprint density at radius 3 is 1.44 bits per heavy atom. The minimum absolute atomic E-state index is 0. The second kappa shape index (κ2) is 17.3. The van der Waals surface area contributed by atoms with E-state index in [-0.39, 0.29) is 54.0 Å². The summed E-state index contributed by atoms with van der Waals surface area (Å²) < 4.78 is 146. The van der Waals surface area contributed by atoms with Gasteiger partial charge in [-0.1, -0.05) is 21.3 Å². The number of sulfone groups is 2. The number of imidazole rings is 2. The predicted octanol–water partition coefficient (Wildman–Crippen LogP) is 5.50. The minimum atomic E-state index is -4.66. The average molecular weight is 798 g/mol. The number of hydrogen-bond acceptors (Lipinski definition) is 10. The third-order valence-corrected chi connectivity index (χ3v) is 10.5. The summed E-state index contributed by atoms with van der Waals surface area (Å²) in [5.41, 5.74) is -1.40. The van der Waals surface area contributed by atoms with Crippen molar-refractivity contribution < 1.29 is 75.6 Å². The van der Waals surface area contributed by atoms with Crippen molar-refractivity contribution >= 4 is 26.0 Å². The summed E-state index contributed by atoms with van der Waals surface area (Å²) in [5.74, 6) is -0.409. The van der Waals surface area contributed by atoms with Gasteiger partial charge in [0.15, 0.2) is 26.0 Å². The zero-order valence-electron chi connectivity index (χ0n) is 25.9. The molecule has 0 aliphatic heterocycles. The summed E-state index contributed by atoms with van der Waals surface area (Å²) in [7, 11) is -4.78. The number of aldehydes is 1. The first-order valence-electron chi connectivity index (χ1n) is 13.5. The summed E-state index contributed by atoms with van der Waals surface area (Å²) in [4.78, 5) is 17.9. The number of halogens is 6. The van der Waals surface area contributed by atoms with E-state index in [0.29, 0.717) is 24.1 Å². The molecule has 277 valence electrons. The number of nitrogens with zero attached hydrogens (tertiary/aromatic N) is 4. The van der Waals surface area contributed by atoms with E-state index < -0.39 is 67.8 Å². The molecule has 2 heterocycles. The fourth-order valence-corrected chi connectivity index (χ4v) is 6.44. The molecule has 2 aromatic heterocycles. The summed E-state index contributed by atoms with van der Waals surface area (Å²) in [6.07, 6.45) is -6.22. The van der Waals surface area contributed by atoms with E-state index >= 15 is 0 Å². The van der Waals surface area contributed by atoms with Crippen molar-refractivity contribution in [2.24, 2.45) is 14.1 Å². The summed E-state index contributed by atoms with van der Waals surface area (Å²) >= 11 is -1.44. The van der Waals surface area contributed by atoms with Gasteiger partial charge in [-0.25, -0.2) is 26.8 Å². The van der Waals surface area contributed by atoms with Crippen molar-refractivity contribution in [3.05, 3.63) is 71.3 Å². The number of aliphatic hydroxyl groups excluding tert-OH is 1. The quantitative estimate of drug-likeness (QED) is 0.136. The Morgan fingerprint density at radius 1 is 0.760 bits per heavy atom. The van der Waals surface area contributed by atoms with Gasteiger partial charge < -0.3 is 14.2 Å². The number of alkyl halides is 6. The van der Waals surface area contributed by atoms with Crippen LogP contribution in [0.4, 0.5) is 26.3 Å².